The van der Waals surface area contributed by atoms with E-state index in [4.69, 9.17) is 0 Å². The van der Waals surface area contributed by atoms with Crippen LogP contribution in [0.1, 0.15) is 11.3 Å². The largest absolute Gasteiger partial charge is 0.306 e. The van der Waals surface area contributed by atoms with Crippen molar-refractivity contribution in [3.63, 3.8) is 0 Å². The molecular weight excluding hydrogens is 356 g/mol. The van der Waals surface area contributed by atoms with E-state index in [2.05, 4.69) is 26.0 Å². The van der Waals surface area contributed by atoms with Crippen LogP contribution in [0.3, 0.4) is 0 Å². The summed E-state index contributed by atoms with van der Waals surface area (Å²) in [5.74, 6) is 0. The van der Waals surface area contributed by atoms with Crippen LogP contribution in [-0.2, 0) is 0 Å². The van der Waals surface area contributed by atoms with Crippen molar-refractivity contribution in [1.29, 1.82) is 0 Å². The molecule has 4 aromatic rings. The fourth-order valence-corrected chi connectivity index (χ4v) is 3.44. The zero-order valence-corrected chi connectivity index (χ0v) is 16.1. The van der Waals surface area contributed by atoms with Gasteiger partial charge in [-0.25, -0.2) is 9.97 Å². The first kappa shape index (κ1) is 17.4. The zero-order valence-electron chi connectivity index (χ0n) is 15.3. The Morgan fingerprint density at radius 1 is 1.00 bits per heavy atom. The van der Waals surface area contributed by atoms with Crippen LogP contribution < -0.4 is 5.56 Å². The Balaban J connectivity index is 1.81. The van der Waals surface area contributed by atoms with Gasteiger partial charge in [0, 0.05) is 28.4 Å². The minimum absolute atomic E-state index is 0.155. The maximum absolute atomic E-state index is 12.6. The molecule has 6 heteroatoms. The maximum atomic E-state index is 12.6. The van der Waals surface area contributed by atoms with Crippen molar-refractivity contribution in [2.75, 3.05) is 6.26 Å². The van der Waals surface area contributed by atoms with Crippen LogP contribution in [0.5, 0.6) is 0 Å². The van der Waals surface area contributed by atoms with Crippen LogP contribution in [0.4, 0.5) is 0 Å². The predicted molar refractivity (Wildman–Crippen MR) is 110 cm³/mol. The molecular formula is C21H18N4OS. The van der Waals surface area contributed by atoms with E-state index in [9.17, 15) is 4.79 Å². The molecule has 0 radical (unpaired) electrons. The Labute approximate surface area is 160 Å². The minimum atomic E-state index is -0.155. The minimum Gasteiger partial charge on any atom is -0.306 e. The molecule has 3 aromatic heterocycles. The van der Waals surface area contributed by atoms with Crippen molar-refractivity contribution >= 4 is 22.8 Å². The molecule has 1 aromatic carbocycles. The van der Waals surface area contributed by atoms with Crippen molar-refractivity contribution in [3.8, 4) is 22.4 Å². The summed E-state index contributed by atoms with van der Waals surface area (Å²) in [7, 11) is 0. The highest BCUT2D eigenvalue weighted by Gasteiger charge is 2.11. The van der Waals surface area contributed by atoms with Crippen LogP contribution in [-0.4, -0.2) is 26.2 Å². The van der Waals surface area contributed by atoms with Gasteiger partial charge < -0.3 is 4.98 Å². The highest BCUT2D eigenvalue weighted by molar-refractivity contribution is 7.98. The van der Waals surface area contributed by atoms with E-state index in [0.29, 0.717) is 16.4 Å². The number of nitrogens with one attached hydrogen (secondary N) is 1. The molecule has 27 heavy (non-hydrogen) atoms. The molecule has 0 aliphatic carbocycles. The van der Waals surface area contributed by atoms with Crippen LogP contribution in [0.2, 0.25) is 0 Å². The van der Waals surface area contributed by atoms with E-state index in [-0.39, 0.29) is 5.56 Å². The lowest BCUT2D eigenvalue weighted by molar-refractivity contribution is 0.988. The molecule has 0 bridgehead atoms. The summed E-state index contributed by atoms with van der Waals surface area (Å²) in [6.45, 7) is 3.98. The second-order valence-corrected chi connectivity index (χ2v) is 7.14. The number of aromatic amines is 1. The average Bonchev–Trinajstić information content (AvgIpc) is 2.67. The number of nitrogens with zero attached hydrogens (tertiary/aromatic N) is 3. The smallest absolute Gasteiger partial charge is 0.257 e. The second-order valence-electron chi connectivity index (χ2n) is 6.37. The summed E-state index contributed by atoms with van der Waals surface area (Å²) < 4.78 is 0. The topological polar surface area (TPSA) is 71.5 Å². The third-order valence-corrected chi connectivity index (χ3v) is 5.02. The van der Waals surface area contributed by atoms with E-state index < -0.39 is 0 Å². The molecule has 134 valence electrons. The number of fused-ring (bicyclic) bond motifs is 1. The third-order valence-electron chi connectivity index (χ3n) is 4.45. The van der Waals surface area contributed by atoms with Gasteiger partial charge in [0.1, 0.15) is 5.65 Å². The molecule has 3 heterocycles. The zero-order chi connectivity index (χ0) is 19.0. The monoisotopic (exact) mass is 374 g/mol. The second kappa shape index (κ2) is 6.96. The maximum Gasteiger partial charge on any atom is 0.257 e. The van der Waals surface area contributed by atoms with Gasteiger partial charge in [-0.1, -0.05) is 30.0 Å². The number of benzene rings is 1. The lowest BCUT2D eigenvalue weighted by Gasteiger charge is -2.10. The first-order valence-electron chi connectivity index (χ1n) is 8.54. The summed E-state index contributed by atoms with van der Waals surface area (Å²) in [6.07, 6.45) is 3.65. The molecule has 0 aliphatic heterocycles. The van der Waals surface area contributed by atoms with Crippen LogP contribution in [0.15, 0.2) is 58.6 Å². The molecule has 0 amide bonds. The Morgan fingerprint density at radius 3 is 2.59 bits per heavy atom. The Kier molecular flexibility index (Phi) is 4.49. The highest BCUT2D eigenvalue weighted by Crippen LogP contribution is 2.27. The molecule has 5 nitrogen and oxygen atoms in total. The van der Waals surface area contributed by atoms with Crippen LogP contribution in [0.25, 0.3) is 33.4 Å². The van der Waals surface area contributed by atoms with Crippen molar-refractivity contribution in [2.45, 2.75) is 19.0 Å². The van der Waals surface area contributed by atoms with E-state index >= 15 is 0 Å². The highest BCUT2D eigenvalue weighted by atomic mass is 32.2. The van der Waals surface area contributed by atoms with E-state index in [1.54, 1.807) is 6.20 Å². The predicted octanol–water partition coefficient (Wildman–Crippen LogP) is 4.39. The number of aryl methyl sites for hydroxylation is 2. The molecule has 0 unspecified atom stereocenters. The van der Waals surface area contributed by atoms with Gasteiger partial charge in [-0.3, -0.25) is 9.78 Å². The molecule has 4 rings (SSSR count). The standard InChI is InChI=1S/C21H18N4OS/c1-12-9-14(18-6-4-5-13(2)23-18)7-8-16(12)17-10-15-11-22-21(27-3)25-19(15)24-20(17)26/h4-11H,1-3H3,(H,22,24,25,26). The van der Waals surface area contributed by atoms with Gasteiger partial charge in [0.15, 0.2) is 5.16 Å². The number of rotatable bonds is 3. The summed E-state index contributed by atoms with van der Waals surface area (Å²) in [5.41, 5.74) is 5.86. The summed E-state index contributed by atoms with van der Waals surface area (Å²) in [5, 5.41) is 1.45. The molecule has 0 aliphatic rings. The summed E-state index contributed by atoms with van der Waals surface area (Å²) >= 11 is 1.44. The van der Waals surface area contributed by atoms with Crippen LogP contribution >= 0.6 is 11.8 Å². The number of H-pyrrole nitrogens is 1. The number of pyridine rings is 2. The number of hydrogen-bond acceptors (Lipinski definition) is 5. The van der Waals surface area contributed by atoms with Gasteiger partial charge in [0.2, 0.25) is 0 Å². The Morgan fingerprint density at radius 2 is 1.85 bits per heavy atom. The third kappa shape index (κ3) is 3.36. The van der Waals surface area contributed by atoms with E-state index in [0.717, 1.165) is 33.5 Å². The fraction of sp³-hybridized carbons (Fsp3) is 0.143. The number of thioether (sulfide) groups is 1. The van der Waals surface area contributed by atoms with Crippen molar-refractivity contribution < 1.29 is 0 Å². The molecule has 1 N–H and O–H groups in total. The quantitative estimate of drug-likeness (QED) is 0.425. The molecule has 0 atom stereocenters. The SMILES string of the molecule is CSc1ncc2cc(-c3ccc(-c4cccc(C)n4)cc3C)c(=O)[nH]c2n1. The Hall–Kier alpha value is -2.99. The average molecular weight is 374 g/mol. The first-order valence-corrected chi connectivity index (χ1v) is 9.77. The van der Waals surface area contributed by atoms with Gasteiger partial charge in [0.05, 0.1) is 5.69 Å². The van der Waals surface area contributed by atoms with Gasteiger partial charge in [-0.15, -0.1) is 0 Å². The normalized spacial score (nSPS) is 11.1. The molecule has 0 saturated carbocycles. The number of aromatic nitrogens is 4. The van der Waals surface area contributed by atoms with Crippen LogP contribution in [0, 0.1) is 13.8 Å². The lowest BCUT2D eigenvalue weighted by atomic mass is 9.97. The fourth-order valence-electron chi connectivity index (χ4n) is 3.10. The molecule has 0 spiro atoms. The Bertz CT molecular complexity index is 1220. The lowest BCUT2D eigenvalue weighted by Crippen LogP contribution is -2.10. The molecule has 0 fully saturated rings. The van der Waals surface area contributed by atoms with Gasteiger partial charge >= 0.3 is 0 Å². The summed E-state index contributed by atoms with van der Waals surface area (Å²) in [4.78, 5) is 28.8. The summed E-state index contributed by atoms with van der Waals surface area (Å²) in [6, 6.07) is 13.9. The van der Waals surface area contributed by atoms with Crippen molar-refractivity contribution in [3.05, 3.63) is 70.3 Å². The van der Waals surface area contributed by atoms with Gasteiger partial charge in [-0.05, 0) is 55.5 Å². The first-order chi connectivity index (χ1) is 13.0. The number of hydrogen-bond donors (Lipinski definition) is 1. The van der Waals surface area contributed by atoms with Gasteiger partial charge in [0.25, 0.3) is 5.56 Å². The van der Waals surface area contributed by atoms with E-state index in [1.165, 1.54) is 11.8 Å². The van der Waals surface area contributed by atoms with Crippen molar-refractivity contribution in [1.82, 2.24) is 19.9 Å². The molecule has 0 saturated heterocycles. The van der Waals surface area contributed by atoms with E-state index in [1.807, 2.05) is 56.5 Å². The van der Waals surface area contributed by atoms with Gasteiger partial charge in [-0.2, -0.15) is 0 Å². The van der Waals surface area contributed by atoms with Crippen molar-refractivity contribution in [2.24, 2.45) is 0 Å².